The van der Waals surface area contributed by atoms with Gasteiger partial charge in [-0.1, -0.05) is 48.5 Å². The number of nitrogens with one attached hydrogen (secondary N) is 1. The summed E-state index contributed by atoms with van der Waals surface area (Å²) in [7, 11) is 1.86. The molecule has 0 fully saturated rings. The SMILES string of the molecule is CN(CCc1ccccc1)C(=S)NC(=O)COc1ccccc1. The lowest BCUT2D eigenvalue weighted by Gasteiger charge is -2.20. The fourth-order valence-electron chi connectivity index (χ4n) is 1.96. The number of hydrogen-bond acceptors (Lipinski definition) is 3. The van der Waals surface area contributed by atoms with E-state index in [0.29, 0.717) is 10.9 Å². The van der Waals surface area contributed by atoms with Gasteiger partial charge in [-0.2, -0.15) is 0 Å². The van der Waals surface area contributed by atoms with E-state index >= 15 is 0 Å². The van der Waals surface area contributed by atoms with E-state index in [4.69, 9.17) is 17.0 Å². The van der Waals surface area contributed by atoms with Gasteiger partial charge in [0, 0.05) is 13.6 Å². The highest BCUT2D eigenvalue weighted by atomic mass is 32.1. The van der Waals surface area contributed by atoms with Crippen molar-refractivity contribution < 1.29 is 9.53 Å². The van der Waals surface area contributed by atoms with E-state index < -0.39 is 0 Å². The lowest BCUT2D eigenvalue weighted by Crippen LogP contribution is -2.43. The largest absolute Gasteiger partial charge is 0.484 e. The zero-order chi connectivity index (χ0) is 16.5. The number of thiocarbonyl (C=S) groups is 1. The van der Waals surface area contributed by atoms with Gasteiger partial charge in [-0.15, -0.1) is 0 Å². The van der Waals surface area contributed by atoms with Gasteiger partial charge in [0.15, 0.2) is 11.7 Å². The molecule has 0 heterocycles. The van der Waals surface area contributed by atoms with Crippen LogP contribution in [0.2, 0.25) is 0 Å². The van der Waals surface area contributed by atoms with E-state index in [1.165, 1.54) is 5.56 Å². The van der Waals surface area contributed by atoms with Crippen LogP contribution >= 0.6 is 12.2 Å². The predicted octanol–water partition coefficient (Wildman–Crippen LogP) is 2.64. The van der Waals surface area contributed by atoms with E-state index in [-0.39, 0.29) is 12.5 Å². The molecule has 0 aliphatic heterocycles. The minimum atomic E-state index is -0.259. The average Bonchev–Trinajstić information content (AvgIpc) is 2.59. The smallest absolute Gasteiger partial charge is 0.264 e. The Hall–Kier alpha value is -2.40. The molecule has 0 aromatic heterocycles. The number of carbonyl (C=O) groups excluding carboxylic acids is 1. The number of benzene rings is 2. The molecule has 5 heteroatoms. The number of amides is 1. The number of ether oxygens (including phenoxy) is 1. The maximum Gasteiger partial charge on any atom is 0.264 e. The Bertz CT molecular complexity index is 632. The van der Waals surface area contributed by atoms with Gasteiger partial charge >= 0.3 is 0 Å². The Morgan fingerprint density at radius 2 is 1.70 bits per heavy atom. The maximum absolute atomic E-state index is 11.9. The van der Waals surface area contributed by atoms with Crippen molar-refractivity contribution in [3.63, 3.8) is 0 Å². The summed E-state index contributed by atoms with van der Waals surface area (Å²) in [6.45, 7) is 0.680. The van der Waals surface area contributed by atoms with Crippen LogP contribution in [0.4, 0.5) is 0 Å². The van der Waals surface area contributed by atoms with E-state index in [1.54, 1.807) is 12.1 Å². The average molecular weight is 328 g/mol. The molecule has 0 saturated heterocycles. The van der Waals surface area contributed by atoms with E-state index in [0.717, 1.165) is 13.0 Å². The van der Waals surface area contributed by atoms with Crippen LogP contribution in [0.3, 0.4) is 0 Å². The molecular weight excluding hydrogens is 308 g/mol. The van der Waals surface area contributed by atoms with Crippen LogP contribution in [-0.4, -0.2) is 36.1 Å². The standard InChI is InChI=1S/C18H20N2O2S/c1-20(13-12-15-8-4-2-5-9-15)18(23)19-17(21)14-22-16-10-6-3-7-11-16/h2-11H,12-14H2,1H3,(H,19,21,23). The summed E-state index contributed by atoms with van der Waals surface area (Å²) in [6, 6.07) is 19.4. The second kappa shape index (κ2) is 8.90. The summed E-state index contributed by atoms with van der Waals surface area (Å²) in [5, 5.41) is 3.08. The Kier molecular flexibility index (Phi) is 6.56. The molecule has 1 amide bonds. The van der Waals surface area contributed by atoms with Crippen LogP contribution in [0.15, 0.2) is 60.7 Å². The molecule has 0 unspecified atom stereocenters. The van der Waals surface area contributed by atoms with Crippen molar-refractivity contribution >= 4 is 23.2 Å². The van der Waals surface area contributed by atoms with Crippen molar-refractivity contribution in [3.05, 3.63) is 66.2 Å². The van der Waals surface area contributed by atoms with E-state index in [2.05, 4.69) is 17.4 Å². The van der Waals surface area contributed by atoms with Crippen LogP contribution < -0.4 is 10.1 Å². The molecule has 2 aromatic carbocycles. The fourth-order valence-corrected chi connectivity index (χ4v) is 2.16. The third-order valence-electron chi connectivity index (χ3n) is 3.28. The minimum Gasteiger partial charge on any atom is -0.484 e. The van der Waals surface area contributed by atoms with Crippen molar-refractivity contribution in [3.8, 4) is 5.75 Å². The van der Waals surface area contributed by atoms with Crippen molar-refractivity contribution in [2.24, 2.45) is 0 Å². The van der Waals surface area contributed by atoms with Crippen molar-refractivity contribution in [1.82, 2.24) is 10.2 Å². The number of nitrogens with zero attached hydrogens (tertiary/aromatic N) is 1. The summed E-state index contributed by atoms with van der Waals surface area (Å²) >= 11 is 5.24. The first kappa shape index (κ1) is 17.0. The molecule has 2 rings (SSSR count). The van der Waals surface area contributed by atoms with Gasteiger partial charge < -0.3 is 15.0 Å². The highest BCUT2D eigenvalue weighted by Crippen LogP contribution is 2.07. The molecule has 4 nitrogen and oxygen atoms in total. The summed E-state index contributed by atoms with van der Waals surface area (Å²) < 4.78 is 5.39. The van der Waals surface area contributed by atoms with Crippen LogP contribution in [0.1, 0.15) is 5.56 Å². The van der Waals surface area contributed by atoms with Gasteiger partial charge in [-0.3, -0.25) is 4.79 Å². The van der Waals surface area contributed by atoms with Crippen LogP contribution in [0, 0.1) is 0 Å². The molecule has 0 saturated carbocycles. The lowest BCUT2D eigenvalue weighted by atomic mass is 10.1. The van der Waals surface area contributed by atoms with E-state index in [9.17, 15) is 4.79 Å². The molecule has 0 atom stereocenters. The fraction of sp³-hybridized carbons (Fsp3) is 0.222. The molecule has 120 valence electrons. The van der Waals surface area contributed by atoms with Gasteiger partial charge in [-0.05, 0) is 36.3 Å². The van der Waals surface area contributed by atoms with E-state index in [1.807, 2.05) is 48.3 Å². The van der Waals surface area contributed by atoms with Crippen LogP contribution in [-0.2, 0) is 11.2 Å². The number of carbonyl (C=O) groups is 1. The van der Waals surface area contributed by atoms with Crippen molar-refractivity contribution in [2.45, 2.75) is 6.42 Å². The second-order valence-corrected chi connectivity index (χ2v) is 5.50. The normalized spacial score (nSPS) is 9.96. The lowest BCUT2D eigenvalue weighted by molar-refractivity contribution is -0.121. The first-order valence-electron chi connectivity index (χ1n) is 7.42. The maximum atomic E-state index is 11.9. The molecule has 0 bridgehead atoms. The number of hydrogen-bond donors (Lipinski definition) is 1. The highest BCUT2D eigenvalue weighted by molar-refractivity contribution is 7.80. The van der Waals surface area contributed by atoms with Gasteiger partial charge in [0.2, 0.25) is 0 Å². The second-order valence-electron chi connectivity index (χ2n) is 5.11. The predicted molar refractivity (Wildman–Crippen MR) is 95.5 cm³/mol. The number of para-hydroxylation sites is 1. The third kappa shape index (κ3) is 6.08. The van der Waals surface area contributed by atoms with Gasteiger partial charge in [-0.25, -0.2) is 0 Å². The third-order valence-corrected chi connectivity index (χ3v) is 3.70. The highest BCUT2D eigenvalue weighted by Gasteiger charge is 2.09. The summed E-state index contributed by atoms with van der Waals surface area (Å²) in [5.74, 6) is 0.399. The Morgan fingerprint density at radius 1 is 1.09 bits per heavy atom. The van der Waals surface area contributed by atoms with Crippen molar-refractivity contribution in [2.75, 3.05) is 20.2 Å². The molecular formula is C18H20N2O2S. The molecule has 0 aliphatic carbocycles. The van der Waals surface area contributed by atoms with Gasteiger partial charge in [0.05, 0.1) is 0 Å². The topological polar surface area (TPSA) is 41.6 Å². The van der Waals surface area contributed by atoms with Crippen LogP contribution in [0.5, 0.6) is 5.75 Å². The molecule has 2 aromatic rings. The number of rotatable bonds is 6. The molecule has 0 aliphatic rings. The first-order chi connectivity index (χ1) is 11.1. The minimum absolute atomic E-state index is 0.0589. The monoisotopic (exact) mass is 328 g/mol. The van der Waals surface area contributed by atoms with Crippen LogP contribution in [0.25, 0.3) is 0 Å². The Morgan fingerprint density at radius 3 is 2.35 bits per heavy atom. The molecule has 1 N–H and O–H groups in total. The Labute approximate surface area is 142 Å². The molecule has 0 radical (unpaired) electrons. The number of likely N-dealkylation sites (N-methyl/N-ethyl adjacent to an activating group) is 1. The van der Waals surface area contributed by atoms with Crippen molar-refractivity contribution in [1.29, 1.82) is 0 Å². The summed E-state index contributed by atoms with van der Waals surface area (Å²) in [6.07, 6.45) is 0.869. The molecule has 23 heavy (non-hydrogen) atoms. The zero-order valence-corrected chi connectivity index (χ0v) is 13.9. The summed E-state index contributed by atoms with van der Waals surface area (Å²) in [5.41, 5.74) is 1.24. The quantitative estimate of drug-likeness (QED) is 0.828. The summed E-state index contributed by atoms with van der Waals surface area (Å²) in [4.78, 5) is 13.7. The zero-order valence-electron chi connectivity index (χ0n) is 13.1. The molecule has 0 spiro atoms. The van der Waals surface area contributed by atoms with Gasteiger partial charge in [0.25, 0.3) is 5.91 Å². The van der Waals surface area contributed by atoms with Gasteiger partial charge in [0.1, 0.15) is 5.75 Å². The Balaban J connectivity index is 1.71. The first-order valence-corrected chi connectivity index (χ1v) is 7.82.